The molecular formula is C20H24ClF3N4O. The molecule has 3 rings (SSSR count). The van der Waals surface area contributed by atoms with Crippen molar-refractivity contribution in [3.63, 3.8) is 0 Å². The summed E-state index contributed by atoms with van der Waals surface area (Å²) < 4.78 is 38.7. The van der Waals surface area contributed by atoms with E-state index < -0.39 is 17.6 Å². The Morgan fingerprint density at radius 3 is 2.59 bits per heavy atom. The first-order valence-corrected chi connectivity index (χ1v) is 10.1. The van der Waals surface area contributed by atoms with Crippen molar-refractivity contribution < 1.29 is 18.0 Å². The highest BCUT2D eigenvalue weighted by Gasteiger charge is 2.32. The van der Waals surface area contributed by atoms with Crippen molar-refractivity contribution in [2.45, 2.75) is 51.2 Å². The molecule has 1 aliphatic rings. The minimum Gasteiger partial charge on any atom is -0.370 e. The van der Waals surface area contributed by atoms with Crippen LogP contribution < -0.4 is 10.6 Å². The second-order valence-electron chi connectivity index (χ2n) is 7.39. The maximum absolute atomic E-state index is 12.9. The minimum atomic E-state index is -4.52. The summed E-state index contributed by atoms with van der Waals surface area (Å²) in [6.45, 7) is 2.85. The summed E-state index contributed by atoms with van der Waals surface area (Å²) in [6.07, 6.45) is -0.252. The number of hydrogen-bond acceptors (Lipinski definition) is 3. The van der Waals surface area contributed by atoms with Crippen LogP contribution in [0.4, 0.5) is 19.0 Å². The van der Waals surface area contributed by atoms with Crippen LogP contribution in [0.15, 0.2) is 24.3 Å². The molecule has 1 aromatic carbocycles. The number of carbonyl (C=O) groups excluding carboxylic acids is 1. The van der Waals surface area contributed by atoms with Gasteiger partial charge < -0.3 is 10.6 Å². The quantitative estimate of drug-likeness (QED) is 0.603. The smallest absolute Gasteiger partial charge is 0.370 e. The summed E-state index contributed by atoms with van der Waals surface area (Å²) in [4.78, 5) is 12.4. The highest BCUT2D eigenvalue weighted by atomic mass is 35.5. The Bertz CT molecular complexity index is 844. The Morgan fingerprint density at radius 1 is 1.24 bits per heavy atom. The van der Waals surface area contributed by atoms with E-state index in [0.717, 1.165) is 68.4 Å². The lowest BCUT2D eigenvalue weighted by Crippen LogP contribution is -2.38. The molecule has 0 atom stereocenters. The van der Waals surface area contributed by atoms with Gasteiger partial charge in [-0.1, -0.05) is 18.5 Å². The molecule has 1 saturated carbocycles. The number of hydrogen-bond donors (Lipinski definition) is 3. The van der Waals surface area contributed by atoms with Gasteiger partial charge in [-0.25, -0.2) is 0 Å². The summed E-state index contributed by atoms with van der Waals surface area (Å²) in [7, 11) is 0. The van der Waals surface area contributed by atoms with Gasteiger partial charge in [0, 0.05) is 18.7 Å². The van der Waals surface area contributed by atoms with Crippen molar-refractivity contribution in [2.75, 3.05) is 11.9 Å². The van der Waals surface area contributed by atoms with Crippen LogP contribution in [-0.2, 0) is 12.6 Å². The molecule has 1 aromatic heterocycles. The van der Waals surface area contributed by atoms with Crippen LogP contribution >= 0.6 is 11.6 Å². The van der Waals surface area contributed by atoms with Gasteiger partial charge in [-0.3, -0.25) is 9.89 Å². The summed E-state index contributed by atoms with van der Waals surface area (Å²) in [5, 5.41) is 13.3. The number of aromatic amines is 1. The third-order valence-electron chi connectivity index (χ3n) is 5.29. The number of nitrogens with one attached hydrogen (secondary N) is 3. The van der Waals surface area contributed by atoms with E-state index >= 15 is 0 Å². The number of alkyl halides is 3. The van der Waals surface area contributed by atoms with Crippen molar-refractivity contribution >= 4 is 23.3 Å². The molecule has 158 valence electrons. The fourth-order valence-corrected chi connectivity index (χ4v) is 3.74. The molecule has 1 heterocycles. The standard InChI is InChI=1S/C20H24ClF3N4O/c1-2-14-10-18(28-27-14)25-11-12-3-6-15(7-4-12)26-19(29)16-9-13(20(22,23)24)5-8-17(16)21/h5,8-10,12,15H,2-4,6-7,11H2,1H3,(H,26,29)(H2,25,27,28). The van der Waals surface area contributed by atoms with Gasteiger partial charge in [0.1, 0.15) is 5.82 Å². The lowest BCUT2D eigenvalue weighted by molar-refractivity contribution is -0.137. The number of nitrogens with zero attached hydrogens (tertiary/aromatic N) is 1. The monoisotopic (exact) mass is 428 g/mol. The number of carbonyl (C=O) groups is 1. The second-order valence-corrected chi connectivity index (χ2v) is 7.80. The van der Waals surface area contributed by atoms with Gasteiger partial charge in [0.15, 0.2) is 0 Å². The second kappa shape index (κ2) is 9.07. The molecule has 0 spiro atoms. The predicted octanol–water partition coefficient (Wildman–Crippen LogP) is 5.05. The summed E-state index contributed by atoms with van der Waals surface area (Å²) in [5.74, 6) is 0.803. The molecule has 9 heteroatoms. The average Bonchev–Trinajstić information content (AvgIpc) is 3.15. The largest absolute Gasteiger partial charge is 0.416 e. The van der Waals surface area contributed by atoms with E-state index in [4.69, 9.17) is 11.6 Å². The van der Waals surface area contributed by atoms with Gasteiger partial charge >= 0.3 is 6.18 Å². The topological polar surface area (TPSA) is 69.8 Å². The first-order chi connectivity index (χ1) is 13.8. The highest BCUT2D eigenvalue weighted by Crippen LogP contribution is 2.32. The SMILES string of the molecule is CCc1cc(NCC2CCC(NC(=O)c3cc(C(F)(F)F)ccc3Cl)CC2)[nH]n1. The van der Waals surface area contributed by atoms with E-state index in [2.05, 4.69) is 20.8 Å². The summed E-state index contributed by atoms with van der Waals surface area (Å²) in [5.41, 5.74) is -0.0182. The first kappa shape index (κ1) is 21.5. The van der Waals surface area contributed by atoms with Crippen LogP contribution in [0, 0.1) is 5.92 Å². The number of halogens is 4. The number of rotatable bonds is 6. The molecule has 0 unspecified atom stereocenters. The van der Waals surface area contributed by atoms with Crippen molar-refractivity contribution in [1.82, 2.24) is 15.5 Å². The van der Waals surface area contributed by atoms with E-state index in [1.807, 2.05) is 13.0 Å². The molecule has 1 aliphatic carbocycles. The maximum Gasteiger partial charge on any atom is 0.416 e. The molecule has 2 aromatic rings. The average molecular weight is 429 g/mol. The van der Waals surface area contributed by atoms with Crippen LogP contribution in [0.5, 0.6) is 0 Å². The van der Waals surface area contributed by atoms with Gasteiger partial charge in [0.2, 0.25) is 0 Å². The molecular weight excluding hydrogens is 405 g/mol. The van der Waals surface area contributed by atoms with Crippen molar-refractivity contribution in [3.05, 3.63) is 46.1 Å². The van der Waals surface area contributed by atoms with E-state index in [0.29, 0.717) is 5.92 Å². The summed E-state index contributed by atoms with van der Waals surface area (Å²) >= 11 is 5.95. The van der Waals surface area contributed by atoms with Crippen LogP contribution in [0.25, 0.3) is 0 Å². The molecule has 0 radical (unpaired) electrons. The first-order valence-electron chi connectivity index (χ1n) is 9.72. The fraction of sp³-hybridized carbons (Fsp3) is 0.500. The zero-order chi connectivity index (χ0) is 21.0. The van der Waals surface area contributed by atoms with E-state index in [9.17, 15) is 18.0 Å². The van der Waals surface area contributed by atoms with Crippen LogP contribution in [0.1, 0.15) is 54.2 Å². The molecule has 0 bridgehead atoms. The van der Waals surface area contributed by atoms with E-state index in [1.165, 1.54) is 0 Å². The maximum atomic E-state index is 12.9. The zero-order valence-corrected chi connectivity index (χ0v) is 16.8. The van der Waals surface area contributed by atoms with Gasteiger partial charge in [0.05, 0.1) is 21.8 Å². The summed E-state index contributed by atoms with van der Waals surface area (Å²) in [6, 6.07) is 4.72. The van der Waals surface area contributed by atoms with Crippen LogP contribution in [-0.4, -0.2) is 28.7 Å². The molecule has 29 heavy (non-hydrogen) atoms. The Kier molecular flexibility index (Phi) is 6.72. The third-order valence-corrected chi connectivity index (χ3v) is 5.62. The molecule has 0 aliphatic heterocycles. The van der Waals surface area contributed by atoms with Gasteiger partial charge in [0.25, 0.3) is 5.91 Å². The van der Waals surface area contributed by atoms with Crippen LogP contribution in [0.2, 0.25) is 5.02 Å². The van der Waals surface area contributed by atoms with Gasteiger partial charge in [-0.05, 0) is 56.2 Å². The lowest BCUT2D eigenvalue weighted by Gasteiger charge is -2.29. The fourth-order valence-electron chi connectivity index (χ4n) is 3.54. The van der Waals surface area contributed by atoms with Gasteiger partial charge in [-0.2, -0.15) is 18.3 Å². The van der Waals surface area contributed by atoms with E-state index in [1.54, 1.807) is 0 Å². The van der Waals surface area contributed by atoms with Crippen molar-refractivity contribution in [1.29, 1.82) is 0 Å². The predicted molar refractivity (Wildman–Crippen MR) is 106 cm³/mol. The van der Waals surface area contributed by atoms with Crippen molar-refractivity contribution in [3.8, 4) is 0 Å². The number of benzene rings is 1. The lowest BCUT2D eigenvalue weighted by atomic mass is 9.86. The normalized spacial score (nSPS) is 19.8. The Morgan fingerprint density at radius 2 is 1.97 bits per heavy atom. The zero-order valence-electron chi connectivity index (χ0n) is 16.1. The van der Waals surface area contributed by atoms with E-state index in [-0.39, 0.29) is 16.6 Å². The Labute approximate surface area is 172 Å². The minimum absolute atomic E-state index is 0.0133. The Balaban J connectivity index is 1.49. The number of amides is 1. The number of H-pyrrole nitrogens is 1. The number of aryl methyl sites for hydroxylation is 1. The Hall–Kier alpha value is -2.22. The molecule has 1 amide bonds. The number of anilines is 1. The molecule has 1 fully saturated rings. The molecule has 3 N–H and O–H groups in total. The van der Waals surface area contributed by atoms with Crippen LogP contribution in [0.3, 0.4) is 0 Å². The number of aromatic nitrogens is 2. The highest BCUT2D eigenvalue weighted by molar-refractivity contribution is 6.33. The molecule has 5 nitrogen and oxygen atoms in total. The third kappa shape index (κ3) is 5.65. The molecule has 0 saturated heterocycles. The van der Waals surface area contributed by atoms with Gasteiger partial charge in [-0.15, -0.1) is 0 Å². The van der Waals surface area contributed by atoms with Crippen molar-refractivity contribution in [2.24, 2.45) is 5.92 Å².